The SMILES string of the molecule is COC(OC)C([SiH3])(OC)OC. The smallest absolute Gasteiger partial charge is 0.206 e. The van der Waals surface area contributed by atoms with Gasteiger partial charge in [-0.25, -0.2) is 0 Å². The lowest BCUT2D eigenvalue weighted by Crippen LogP contribution is -2.48. The predicted molar refractivity (Wildman–Crippen MR) is 44.5 cm³/mol. The van der Waals surface area contributed by atoms with Gasteiger partial charge in [0.25, 0.3) is 0 Å². The highest BCUT2D eigenvalue weighted by Gasteiger charge is 2.34. The molecule has 0 aliphatic rings. The van der Waals surface area contributed by atoms with E-state index in [4.69, 9.17) is 18.9 Å². The quantitative estimate of drug-likeness (QED) is 0.398. The molecule has 0 spiro atoms. The summed E-state index contributed by atoms with van der Waals surface area (Å²) in [5, 5.41) is 0. The maximum absolute atomic E-state index is 5.12. The molecule has 11 heavy (non-hydrogen) atoms. The Kier molecular flexibility index (Phi) is 4.86. The van der Waals surface area contributed by atoms with Crippen LogP contribution in [0.1, 0.15) is 0 Å². The normalized spacial score (nSPS) is 12.8. The van der Waals surface area contributed by atoms with Gasteiger partial charge in [-0.2, -0.15) is 0 Å². The van der Waals surface area contributed by atoms with Crippen molar-refractivity contribution in [3.8, 4) is 0 Å². The van der Waals surface area contributed by atoms with Gasteiger partial charge in [-0.15, -0.1) is 0 Å². The van der Waals surface area contributed by atoms with E-state index >= 15 is 0 Å². The molecule has 0 heterocycles. The van der Waals surface area contributed by atoms with Gasteiger partial charge >= 0.3 is 0 Å². The van der Waals surface area contributed by atoms with Gasteiger partial charge in [0, 0.05) is 28.4 Å². The summed E-state index contributed by atoms with van der Waals surface area (Å²) in [7, 11) is 6.93. The van der Waals surface area contributed by atoms with Crippen molar-refractivity contribution >= 4 is 10.2 Å². The van der Waals surface area contributed by atoms with Gasteiger partial charge in [0.05, 0.1) is 10.2 Å². The Morgan fingerprint density at radius 3 is 1.45 bits per heavy atom. The third-order valence-corrected chi connectivity index (χ3v) is 2.95. The van der Waals surface area contributed by atoms with E-state index in [1.807, 2.05) is 0 Å². The molecule has 0 rings (SSSR count). The maximum atomic E-state index is 5.12. The molecule has 0 aliphatic heterocycles. The van der Waals surface area contributed by atoms with Crippen molar-refractivity contribution in [3.05, 3.63) is 0 Å². The highest BCUT2D eigenvalue weighted by atomic mass is 28.1. The summed E-state index contributed by atoms with van der Waals surface area (Å²) >= 11 is 0. The van der Waals surface area contributed by atoms with Crippen LogP contribution in [-0.2, 0) is 18.9 Å². The lowest BCUT2D eigenvalue weighted by Gasteiger charge is -2.32. The van der Waals surface area contributed by atoms with Crippen LogP contribution in [0.4, 0.5) is 0 Å². The highest BCUT2D eigenvalue weighted by molar-refractivity contribution is 6.13. The van der Waals surface area contributed by atoms with Gasteiger partial charge in [0.1, 0.15) is 0 Å². The molecule has 0 aromatic rings. The molecule has 5 heteroatoms. The first-order valence-corrected chi connectivity index (χ1v) is 4.30. The van der Waals surface area contributed by atoms with E-state index in [0.717, 1.165) is 0 Å². The zero-order valence-corrected chi connectivity index (χ0v) is 9.71. The van der Waals surface area contributed by atoms with Crippen molar-refractivity contribution in [1.29, 1.82) is 0 Å². The van der Waals surface area contributed by atoms with Crippen molar-refractivity contribution in [2.45, 2.75) is 11.7 Å². The van der Waals surface area contributed by atoms with E-state index in [2.05, 4.69) is 0 Å². The summed E-state index contributed by atoms with van der Waals surface area (Å²) in [6.07, 6.45) is -0.454. The summed E-state index contributed by atoms with van der Waals surface area (Å²) in [5.74, 6) is 0. The molecule has 0 saturated heterocycles. The summed E-state index contributed by atoms with van der Waals surface area (Å²) < 4.78 is 20.3. The van der Waals surface area contributed by atoms with E-state index in [1.165, 1.54) is 0 Å². The second-order valence-electron chi connectivity index (χ2n) is 2.23. The minimum atomic E-state index is -0.705. The van der Waals surface area contributed by atoms with Crippen LogP contribution in [-0.4, -0.2) is 50.4 Å². The zero-order chi connectivity index (χ0) is 8.91. The molecule has 0 aliphatic carbocycles. The molecule has 0 bridgehead atoms. The molecule has 0 saturated carbocycles. The van der Waals surface area contributed by atoms with Gasteiger partial charge in [-0.1, -0.05) is 0 Å². The lowest BCUT2D eigenvalue weighted by molar-refractivity contribution is -0.281. The zero-order valence-electron chi connectivity index (χ0n) is 7.71. The van der Waals surface area contributed by atoms with Crippen LogP contribution in [0.25, 0.3) is 0 Å². The van der Waals surface area contributed by atoms with E-state index in [9.17, 15) is 0 Å². The molecule has 0 N–H and O–H groups in total. The van der Waals surface area contributed by atoms with E-state index in [0.29, 0.717) is 10.2 Å². The third kappa shape index (κ3) is 2.53. The molecular weight excluding hydrogens is 164 g/mol. The fourth-order valence-corrected chi connectivity index (χ4v) is 1.27. The molecule has 0 aromatic heterocycles. The van der Waals surface area contributed by atoms with Crippen LogP contribution in [0.5, 0.6) is 0 Å². The average Bonchev–Trinajstić information content (AvgIpc) is 2.06. The van der Waals surface area contributed by atoms with E-state index < -0.39 is 11.7 Å². The average molecular weight is 180 g/mol. The van der Waals surface area contributed by atoms with Gasteiger partial charge in [0.2, 0.25) is 6.29 Å². The summed E-state index contributed by atoms with van der Waals surface area (Å²) in [6, 6.07) is 0. The predicted octanol–water partition coefficient (Wildman–Crippen LogP) is -1.08. The minimum absolute atomic E-state index is 0.454. The number of hydrogen-bond acceptors (Lipinski definition) is 4. The first-order chi connectivity index (χ1) is 5.14. The van der Waals surface area contributed by atoms with Crippen molar-refractivity contribution in [1.82, 2.24) is 0 Å². The molecule has 0 radical (unpaired) electrons. The summed E-state index contributed by atoms with van der Waals surface area (Å²) in [6.45, 7) is 0. The molecule has 68 valence electrons. The number of ether oxygens (including phenoxy) is 4. The Labute approximate surface area is 70.2 Å². The molecular formula is C6H16O4Si. The van der Waals surface area contributed by atoms with Gasteiger partial charge in [-0.3, -0.25) is 0 Å². The van der Waals surface area contributed by atoms with Gasteiger partial charge < -0.3 is 18.9 Å². The van der Waals surface area contributed by atoms with Gasteiger partial charge in [0.15, 0.2) is 5.41 Å². The number of rotatable bonds is 5. The summed E-state index contributed by atoms with van der Waals surface area (Å²) in [5.41, 5.74) is -0.705. The van der Waals surface area contributed by atoms with Crippen LogP contribution < -0.4 is 0 Å². The first-order valence-electron chi connectivity index (χ1n) is 3.30. The van der Waals surface area contributed by atoms with E-state index in [-0.39, 0.29) is 0 Å². The topological polar surface area (TPSA) is 36.9 Å². The molecule has 4 nitrogen and oxygen atoms in total. The van der Waals surface area contributed by atoms with E-state index in [1.54, 1.807) is 28.4 Å². The molecule has 0 aromatic carbocycles. The van der Waals surface area contributed by atoms with Crippen molar-refractivity contribution < 1.29 is 18.9 Å². The van der Waals surface area contributed by atoms with Gasteiger partial charge in [-0.05, 0) is 0 Å². The fraction of sp³-hybridized carbons (Fsp3) is 1.00. The fourth-order valence-electron chi connectivity index (χ4n) is 0.800. The Morgan fingerprint density at radius 1 is 1.00 bits per heavy atom. The van der Waals surface area contributed by atoms with Crippen LogP contribution in [0.3, 0.4) is 0 Å². The van der Waals surface area contributed by atoms with Crippen molar-refractivity contribution in [2.24, 2.45) is 0 Å². The molecule has 0 fully saturated rings. The molecule has 0 unspecified atom stereocenters. The minimum Gasteiger partial charge on any atom is -0.353 e. The standard InChI is InChI=1S/C6H16O4Si/c1-7-5(8-2)6(11,9-3)10-4/h5H,1-4,11H3. The van der Waals surface area contributed by atoms with Crippen LogP contribution in [0, 0.1) is 0 Å². The largest absolute Gasteiger partial charge is 0.353 e. The molecule has 0 amide bonds. The Bertz CT molecular complexity index is 101. The number of hydrogen-bond donors (Lipinski definition) is 0. The van der Waals surface area contributed by atoms with Crippen LogP contribution >= 0.6 is 0 Å². The highest BCUT2D eigenvalue weighted by Crippen LogP contribution is 2.14. The Morgan fingerprint density at radius 2 is 1.36 bits per heavy atom. The molecule has 0 atom stereocenters. The Hall–Kier alpha value is 0.0569. The second kappa shape index (κ2) is 4.84. The monoisotopic (exact) mass is 180 g/mol. The first kappa shape index (κ1) is 11.1. The lowest BCUT2D eigenvalue weighted by atomic mass is 10.6. The Balaban J connectivity index is 4.19. The van der Waals surface area contributed by atoms with Crippen LogP contribution in [0.2, 0.25) is 0 Å². The second-order valence-corrected chi connectivity index (χ2v) is 3.62. The summed E-state index contributed by atoms with van der Waals surface area (Å²) in [4.78, 5) is 0. The van der Waals surface area contributed by atoms with Crippen molar-refractivity contribution in [3.63, 3.8) is 0 Å². The van der Waals surface area contributed by atoms with Crippen molar-refractivity contribution in [2.75, 3.05) is 28.4 Å². The van der Waals surface area contributed by atoms with Crippen LogP contribution in [0.15, 0.2) is 0 Å². The maximum Gasteiger partial charge on any atom is 0.206 e. The number of methoxy groups -OCH3 is 4. The third-order valence-electron chi connectivity index (χ3n) is 1.67.